The van der Waals surface area contributed by atoms with E-state index >= 15 is 0 Å². The van der Waals surface area contributed by atoms with Gasteiger partial charge in [0, 0.05) is 5.54 Å². The number of hydrogen-bond donors (Lipinski definition) is 1. The van der Waals surface area contributed by atoms with Crippen LogP contribution in [0.25, 0.3) is 0 Å². The van der Waals surface area contributed by atoms with Crippen LogP contribution in [0.15, 0.2) is 0 Å². The number of carbonyl (C=O) groups is 1. The SMILES string of the molecule is CCC(C)(N)COCCC(=O)OC. The van der Waals surface area contributed by atoms with E-state index in [1.807, 2.05) is 13.8 Å². The van der Waals surface area contributed by atoms with Crippen molar-refractivity contribution in [3.05, 3.63) is 0 Å². The molecular formula is C9H19NO3. The summed E-state index contributed by atoms with van der Waals surface area (Å²) in [4.78, 5) is 10.7. The molecule has 0 saturated heterocycles. The Kier molecular flexibility index (Phi) is 5.66. The van der Waals surface area contributed by atoms with Crippen LogP contribution in [0.3, 0.4) is 0 Å². The third-order valence-corrected chi connectivity index (χ3v) is 1.92. The van der Waals surface area contributed by atoms with Gasteiger partial charge in [0.25, 0.3) is 0 Å². The molecule has 0 aliphatic heterocycles. The molecule has 13 heavy (non-hydrogen) atoms. The second kappa shape index (κ2) is 5.94. The second-order valence-corrected chi connectivity index (χ2v) is 3.39. The molecule has 0 aliphatic rings. The van der Waals surface area contributed by atoms with Gasteiger partial charge in [-0.3, -0.25) is 4.79 Å². The molecule has 4 heteroatoms. The fourth-order valence-electron chi connectivity index (χ4n) is 0.665. The molecule has 1 unspecified atom stereocenters. The van der Waals surface area contributed by atoms with Crippen molar-refractivity contribution in [1.82, 2.24) is 0 Å². The Morgan fingerprint density at radius 1 is 1.54 bits per heavy atom. The smallest absolute Gasteiger partial charge is 0.307 e. The van der Waals surface area contributed by atoms with E-state index in [0.29, 0.717) is 13.2 Å². The molecule has 0 aromatic heterocycles. The zero-order chi connectivity index (χ0) is 10.3. The fraction of sp³-hybridized carbons (Fsp3) is 0.889. The normalized spacial score (nSPS) is 15.1. The van der Waals surface area contributed by atoms with E-state index in [1.165, 1.54) is 7.11 Å². The van der Waals surface area contributed by atoms with Gasteiger partial charge in [-0.25, -0.2) is 0 Å². The molecule has 0 aliphatic carbocycles. The highest BCUT2D eigenvalue weighted by atomic mass is 16.5. The van der Waals surface area contributed by atoms with Crippen molar-refractivity contribution in [2.45, 2.75) is 32.2 Å². The van der Waals surface area contributed by atoms with Crippen molar-refractivity contribution < 1.29 is 14.3 Å². The lowest BCUT2D eigenvalue weighted by atomic mass is 10.0. The van der Waals surface area contributed by atoms with Crippen molar-refractivity contribution in [1.29, 1.82) is 0 Å². The van der Waals surface area contributed by atoms with Crippen LogP contribution < -0.4 is 5.73 Å². The van der Waals surface area contributed by atoms with Gasteiger partial charge in [-0.1, -0.05) is 6.92 Å². The molecule has 0 heterocycles. The summed E-state index contributed by atoms with van der Waals surface area (Å²) in [5.74, 6) is -0.254. The average Bonchev–Trinajstić information content (AvgIpc) is 2.12. The monoisotopic (exact) mass is 189 g/mol. The van der Waals surface area contributed by atoms with E-state index in [2.05, 4.69) is 4.74 Å². The lowest BCUT2D eigenvalue weighted by Crippen LogP contribution is -2.40. The van der Waals surface area contributed by atoms with E-state index in [9.17, 15) is 4.79 Å². The molecule has 1 atom stereocenters. The Labute approximate surface area is 79.4 Å². The molecule has 0 fully saturated rings. The van der Waals surface area contributed by atoms with Crippen LogP contribution in [-0.4, -0.2) is 31.8 Å². The van der Waals surface area contributed by atoms with Crippen LogP contribution in [0.2, 0.25) is 0 Å². The van der Waals surface area contributed by atoms with Crippen LogP contribution >= 0.6 is 0 Å². The highest BCUT2D eigenvalue weighted by molar-refractivity contribution is 5.69. The standard InChI is InChI=1S/C9H19NO3/c1-4-9(2,10)7-13-6-5-8(11)12-3/h4-7,10H2,1-3H3. The van der Waals surface area contributed by atoms with Crippen LogP contribution in [0.4, 0.5) is 0 Å². The minimum Gasteiger partial charge on any atom is -0.469 e. The van der Waals surface area contributed by atoms with Crippen LogP contribution in [0.5, 0.6) is 0 Å². The molecule has 0 amide bonds. The lowest BCUT2D eigenvalue weighted by Gasteiger charge is -2.21. The molecule has 0 aromatic rings. The number of esters is 1. The first-order valence-electron chi connectivity index (χ1n) is 4.45. The minimum atomic E-state index is -0.296. The molecule has 0 radical (unpaired) electrons. The number of rotatable bonds is 6. The first-order valence-corrected chi connectivity index (χ1v) is 4.45. The number of ether oxygens (including phenoxy) is 2. The summed E-state index contributed by atoms with van der Waals surface area (Å²) in [5.41, 5.74) is 5.53. The van der Waals surface area contributed by atoms with Crippen LogP contribution in [-0.2, 0) is 14.3 Å². The van der Waals surface area contributed by atoms with Gasteiger partial charge in [0.1, 0.15) is 0 Å². The number of hydrogen-bond acceptors (Lipinski definition) is 4. The van der Waals surface area contributed by atoms with Gasteiger partial charge in [-0.05, 0) is 13.3 Å². The fourth-order valence-corrected chi connectivity index (χ4v) is 0.665. The molecule has 78 valence electrons. The van der Waals surface area contributed by atoms with Crippen molar-refractivity contribution in [3.8, 4) is 0 Å². The Morgan fingerprint density at radius 2 is 2.15 bits per heavy atom. The maximum Gasteiger partial charge on any atom is 0.307 e. The number of nitrogens with two attached hydrogens (primary N) is 1. The summed E-state index contributed by atoms with van der Waals surface area (Å²) in [6.07, 6.45) is 1.14. The molecule has 0 rings (SSSR count). The third kappa shape index (κ3) is 6.54. The number of carbonyl (C=O) groups excluding carboxylic acids is 1. The van der Waals surface area contributed by atoms with Crippen LogP contribution in [0.1, 0.15) is 26.7 Å². The van der Waals surface area contributed by atoms with Crippen molar-refractivity contribution in [2.75, 3.05) is 20.3 Å². The van der Waals surface area contributed by atoms with Gasteiger partial charge in [-0.2, -0.15) is 0 Å². The Bertz CT molecular complexity index is 157. The summed E-state index contributed by atoms with van der Waals surface area (Å²) in [7, 11) is 1.36. The first kappa shape index (κ1) is 12.4. The lowest BCUT2D eigenvalue weighted by molar-refractivity contribution is -0.141. The zero-order valence-corrected chi connectivity index (χ0v) is 8.63. The van der Waals surface area contributed by atoms with E-state index in [-0.39, 0.29) is 17.9 Å². The molecule has 2 N–H and O–H groups in total. The Hall–Kier alpha value is -0.610. The summed E-state index contributed by atoms with van der Waals surface area (Å²) < 4.78 is 9.69. The van der Waals surface area contributed by atoms with E-state index in [1.54, 1.807) is 0 Å². The first-order chi connectivity index (χ1) is 6.02. The quantitative estimate of drug-likeness (QED) is 0.493. The van der Waals surface area contributed by atoms with Crippen molar-refractivity contribution in [2.24, 2.45) is 5.73 Å². The molecular weight excluding hydrogens is 170 g/mol. The second-order valence-electron chi connectivity index (χ2n) is 3.39. The number of methoxy groups -OCH3 is 1. The van der Waals surface area contributed by atoms with Crippen LogP contribution in [0, 0.1) is 0 Å². The van der Waals surface area contributed by atoms with Gasteiger partial charge in [0.15, 0.2) is 0 Å². The Morgan fingerprint density at radius 3 is 2.62 bits per heavy atom. The largest absolute Gasteiger partial charge is 0.469 e. The predicted octanol–water partition coefficient (Wildman–Crippen LogP) is 0.693. The zero-order valence-electron chi connectivity index (χ0n) is 8.63. The molecule has 0 aromatic carbocycles. The highest BCUT2D eigenvalue weighted by Crippen LogP contribution is 2.04. The van der Waals surface area contributed by atoms with E-state index < -0.39 is 0 Å². The maximum atomic E-state index is 10.7. The third-order valence-electron chi connectivity index (χ3n) is 1.92. The van der Waals surface area contributed by atoms with Gasteiger partial charge in [0.2, 0.25) is 0 Å². The van der Waals surface area contributed by atoms with Gasteiger partial charge in [0.05, 0.1) is 26.7 Å². The maximum absolute atomic E-state index is 10.7. The van der Waals surface area contributed by atoms with Gasteiger partial charge < -0.3 is 15.2 Å². The molecule has 0 bridgehead atoms. The highest BCUT2D eigenvalue weighted by Gasteiger charge is 2.15. The molecule has 0 spiro atoms. The van der Waals surface area contributed by atoms with Gasteiger partial charge >= 0.3 is 5.97 Å². The van der Waals surface area contributed by atoms with Crippen molar-refractivity contribution in [3.63, 3.8) is 0 Å². The van der Waals surface area contributed by atoms with E-state index in [4.69, 9.17) is 10.5 Å². The predicted molar refractivity (Wildman–Crippen MR) is 50.3 cm³/mol. The topological polar surface area (TPSA) is 61.5 Å². The van der Waals surface area contributed by atoms with Gasteiger partial charge in [-0.15, -0.1) is 0 Å². The average molecular weight is 189 g/mol. The summed E-state index contributed by atoms with van der Waals surface area (Å²) in [6, 6.07) is 0. The Balaban J connectivity index is 3.41. The minimum absolute atomic E-state index is 0.254. The summed E-state index contributed by atoms with van der Waals surface area (Å²) in [5, 5.41) is 0. The molecule has 0 saturated carbocycles. The van der Waals surface area contributed by atoms with E-state index in [0.717, 1.165) is 6.42 Å². The summed E-state index contributed by atoms with van der Waals surface area (Å²) >= 11 is 0. The van der Waals surface area contributed by atoms with Crippen molar-refractivity contribution >= 4 is 5.97 Å². The summed E-state index contributed by atoms with van der Waals surface area (Å²) in [6.45, 7) is 4.77. The molecule has 4 nitrogen and oxygen atoms in total.